The maximum atomic E-state index is 12.6. The number of hydrogen-bond donors (Lipinski definition) is 1. The van der Waals surface area contributed by atoms with Crippen molar-refractivity contribution < 1.29 is 9.32 Å². The van der Waals surface area contributed by atoms with Gasteiger partial charge in [0.25, 0.3) is 5.91 Å². The summed E-state index contributed by atoms with van der Waals surface area (Å²) in [5, 5.41) is 12.7. The molecule has 158 valence electrons. The van der Waals surface area contributed by atoms with Crippen molar-refractivity contribution >= 4 is 69.7 Å². The first-order chi connectivity index (χ1) is 14.8. The van der Waals surface area contributed by atoms with Gasteiger partial charge in [-0.2, -0.15) is 5.10 Å². The van der Waals surface area contributed by atoms with Crippen LogP contribution in [0.4, 0.5) is 5.82 Å². The van der Waals surface area contributed by atoms with E-state index < -0.39 is 5.91 Å². The lowest BCUT2D eigenvalue weighted by Gasteiger charge is -2.03. The summed E-state index contributed by atoms with van der Waals surface area (Å²) in [4.78, 5) is 12.6. The predicted molar refractivity (Wildman–Crippen MR) is 123 cm³/mol. The fourth-order valence-corrected chi connectivity index (χ4v) is 3.78. The van der Waals surface area contributed by atoms with E-state index in [-0.39, 0.29) is 16.5 Å². The van der Waals surface area contributed by atoms with Crippen LogP contribution in [0.25, 0.3) is 11.3 Å². The Morgan fingerprint density at radius 2 is 1.74 bits per heavy atom. The molecule has 0 fully saturated rings. The largest absolute Gasteiger partial charge is 0.355 e. The summed E-state index contributed by atoms with van der Waals surface area (Å²) >= 11 is 30.3. The highest BCUT2D eigenvalue weighted by atomic mass is 35.5. The molecule has 0 unspecified atom stereocenters. The van der Waals surface area contributed by atoms with Gasteiger partial charge in [-0.25, -0.2) is 0 Å². The molecule has 0 saturated carbocycles. The number of carbonyl (C=O) groups excluding carboxylic acids is 1. The van der Waals surface area contributed by atoms with E-state index in [4.69, 9.17) is 62.5 Å². The maximum absolute atomic E-state index is 12.6. The van der Waals surface area contributed by atoms with Crippen molar-refractivity contribution in [2.45, 2.75) is 6.54 Å². The Labute approximate surface area is 201 Å². The van der Waals surface area contributed by atoms with Crippen LogP contribution < -0.4 is 5.32 Å². The summed E-state index contributed by atoms with van der Waals surface area (Å²) in [5.41, 5.74) is 1.46. The van der Waals surface area contributed by atoms with E-state index in [0.29, 0.717) is 38.0 Å². The monoisotopic (exact) mass is 514 g/mol. The van der Waals surface area contributed by atoms with Crippen LogP contribution in [0.3, 0.4) is 0 Å². The number of nitrogens with zero attached hydrogens (tertiary/aromatic N) is 3. The third-order valence-electron chi connectivity index (χ3n) is 4.22. The van der Waals surface area contributed by atoms with Crippen molar-refractivity contribution in [1.82, 2.24) is 14.9 Å². The summed E-state index contributed by atoms with van der Waals surface area (Å²) in [6.07, 6.45) is 1.58. The average Bonchev–Trinajstić information content (AvgIpc) is 3.32. The molecule has 0 saturated heterocycles. The van der Waals surface area contributed by atoms with Gasteiger partial charge in [-0.05, 0) is 35.9 Å². The zero-order valence-corrected chi connectivity index (χ0v) is 19.2. The van der Waals surface area contributed by atoms with E-state index >= 15 is 0 Å². The Bertz CT molecular complexity index is 1280. The summed E-state index contributed by atoms with van der Waals surface area (Å²) in [6, 6.07) is 11.6. The lowest BCUT2D eigenvalue weighted by atomic mass is 10.1. The number of aromatic nitrogens is 3. The quantitative estimate of drug-likeness (QED) is 0.307. The van der Waals surface area contributed by atoms with E-state index in [9.17, 15) is 4.79 Å². The molecule has 4 aromatic rings. The Balaban J connectivity index is 1.49. The maximum Gasteiger partial charge on any atom is 0.279 e. The molecule has 31 heavy (non-hydrogen) atoms. The van der Waals surface area contributed by atoms with Gasteiger partial charge in [-0.15, -0.1) is 0 Å². The molecule has 0 bridgehead atoms. The molecule has 0 aliphatic carbocycles. The van der Waals surface area contributed by atoms with Gasteiger partial charge >= 0.3 is 0 Å². The van der Waals surface area contributed by atoms with Gasteiger partial charge < -0.3 is 9.84 Å². The van der Waals surface area contributed by atoms with E-state index in [0.717, 1.165) is 5.56 Å². The Morgan fingerprint density at radius 1 is 0.935 bits per heavy atom. The third-order valence-corrected chi connectivity index (χ3v) is 5.78. The number of rotatable bonds is 5. The van der Waals surface area contributed by atoms with Crippen molar-refractivity contribution in [2.24, 2.45) is 0 Å². The minimum atomic E-state index is -0.540. The molecule has 2 aromatic carbocycles. The zero-order valence-electron chi connectivity index (χ0n) is 15.4. The van der Waals surface area contributed by atoms with Crippen LogP contribution in [0.15, 0.2) is 53.2 Å². The van der Waals surface area contributed by atoms with Crippen LogP contribution in [0, 0.1) is 0 Å². The third kappa shape index (κ3) is 5.00. The van der Waals surface area contributed by atoms with Gasteiger partial charge in [-0.1, -0.05) is 69.2 Å². The first kappa shape index (κ1) is 22.0. The fourth-order valence-electron chi connectivity index (χ4n) is 2.76. The Hall–Kier alpha value is -2.22. The molecule has 6 nitrogen and oxygen atoms in total. The number of hydrogen-bond acceptors (Lipinski definition) is 4. The zero-order chi connectivity index (χ0) is 22.1. The first-order valence-electron chi connectivity index (χ1n) is 8.70. The molecular weight excluding hydrogens is 506 g/mol. The van der Waals surface area contributed by atoms with Gasteiger partial charge in [-0.3, -0.25) is 9.48 Å². The minimum Gasteiger partial charge on any atom is -0.355 e. The normalized spacial score (nSPS) is 11.0. The smallest absolute Gasteiger partial charge is 0.279 e. The summed E-state index contributed by atoms with van der Waals surface area (Å²) in [7, 11) is 0. The van der Waals surface area contributed by atoms with Crippen LogP contribution in [0.2, 0.25) is 25.1 Å². The number of carbonyl (C=O) groups is 1. The summed E-state index contributed by atoms with van der Waals surface area (Å²) in [5.74, 6) is -0.0364. The van der Waals surface area contributed by atoms with Crippen LogP contribution >= 0.6 is 58.0 Å². The fraction of sp³-hybridized carbons (Fsp3) is 0.0500. The number of anilines is 1. The first-order valence-corrected chi connectivity index (χ1v) is 10.6. The molecule has 0 radical (unpaired) electrons. The van der Waals surface area contributed by atoms with Crippen molar-refractivity contribution in [3.63, 3.8) is 0 Å². The highest BCUT2D eigenvalue weighted by Crippen LogP contribution is 2.31. The number of halogens is 5. The average molecular weight is 517 g/mol. The molecule has 1 N–H and O–H groups in total. The second-order valence-corrected chi connectivity index (χ2v) is 8.49. The van der Waals surface area contributed by atoms with Crippen molar-refractivity contribution in [2.75, 3.05) is 5.32 Å². The number of benzene rings is 2. The molecule has 0 spiro atoms. The molecule has 1 amide bonds. The summed E-state index contributed by atoms with van der Waals surface area (Å²) < 4.78 is 6.81. The highest BCUT2D eigenvalue weighted by molar-refractivity contribution is 6.42. The van der Waals surface area contributed by atoms with E-state index in [1.54, 1.807) is 41.2 Å². The topological polar surface area (TPSA) is 73.0 Å². The Kier molecular flexibility index (Phi) is 6.46. The van der Waals surface area contributed by atoms with Crippen LogP contribution in [-0.2, 0) is 6.54 Å². The van der Waals surface area contributed by atoms with E-state index in [1.165, 1.54) is 6.07 Å². The van der Waals surface area contributed by atoms with Gasteiger partial charge in [0.15, 0.2) is 17.3 Å². The second-order valence-electron chi connectivity index (χ2n) is 6.43. The number of amides is 1. The molecule has 0 atom stereocenters. The van der Waals surface area contributed by atoms with E-state index in [2.05, 4.69) is 15.6 Å². The second kappa shape index (κ2) is 9.10. The SMILES string of the molecule is O=C(Nc1nn(Cc2ccc(Cl)c(Cl)c2)cc1Cl)c1cc(-c2ccc(Cl)cc2Cl)on1. The molecular formula is C20H11Cl5N4O2. The molecule has 11 heteroatoms. The van der Waals surface area contributed by atoms with Crippen molar-refractivity contribution in [3.8, 4) is 11.3 Å². The van der Waals surface area contributed by atoms with Gasteiger partial charge in [0.2, 0.25) is 0 Å². The van der Waals surface area contributed by atoms with Gasteiger partial charge in [0.1, 0.15) is 5.02 Å². The van der Waals surface area contributed by atoms with Crippen LogP contribution in [-0.4, -0.2) is 20.8 Å². The van der Waals surface area contributed by atoms with Crippen LogP contribution in [0.1, 0.15) is 16.1 Å². The lowest BCUT2D eigenvalue weighted by Crippen LogP contribution is -2.13. The predicted octanol–water partition coefficient (Wildman–Crippen LogP) is 7.11. The molecule has 0 aliphatic heterocycles. The Morgan fingerprint density at radius 3 is 2.48 bits per heavy atom. The van der Waals surface area contributed by atoms with Gasteiger partial charge in [0, 0.05) is 22.8 Å². The molecule has 0 aliphatic rings. The van der Waals surface area contributed by atoms with Crippen molar-refractivity contribution in [1.29, 1.82) is 0 Å². The molecule has 4 rings (SSSR count). The lowest BCUT2D eigenvalue weighted by molar-refractivity contribution is 0.101. The standard InChI is InChI=1S/C20H11Cl5N4O2/c21-11-2-3-12(14(23)6-11)18-7-17(28-31-18)20(30)26-19-16(25)9-29(27-19)8-10-1-4-13(22)15(24)5-10/h1-7,9H,8H2,(H,26,27,30). The van der Waals surface area contributed by atoms with Crippen molar-refractivity contribution in [3.05, 3.63) is 85.0 Å². The number of nitrogens with one attached hydrogen (secondary N) is 1. The summed E-state index contributed by atoms with van der Waals surface area (Å²) in [6.45, 7) is 0.385. The highest BCUT2D eigenvalue weighted by Gasteiger charge is 2.18. The van der Waals surface area contributed by atoms with Gasteiger partial charge in [0.05, 0.1) is 21.6 Å². The molecule has 2 heterocycles. The van der Waals surface area contributed by atoms with Crippen LogP contribution in [0.5, 0.6) is 0 Å². The molecule has 2 aromatic heterocycles. The minimum absolute atomic E-state index is 0.0381. The van der Waals surface area contributed by atoms with E-state index in [1.807, 2.05) is 6.07 Å².